The summed E-state index contributed by atoms with van der Waals surface area (Å²) >= 11 is 1.42. The minimum Gasteiger partial charge on any atom is -0.503 e. The minimum absolute atomic E-state index is 0.0203. The fourth-order valence-electron chi connectivity index (χ4n) is 13.4. The molecule has 0 aliphatic carbocycles. The fourth-order valence-corrected chi connectivity index (χ4v) is 14.4. The largest absolute Gasteiger partial charge is 0.743 e. The highest BCUT2D eigenvalue weighted by Crippen LogP contribution is 2.43. The summed E-state index contributed by atoms with van der Waals surface area (Å²) in [4.78, 5) is 10.3. The van der Waals surface area contributed by atoms with Crippen LogP contribution in [0.2, 0.25) is 0 Å². The molecular formula is C77H84B2N6O7S. The number of unbranched alkanes of at least 4 members (excludes halogenated alkanes) is 8. The van der Waals surface area contributed by atoms with Gasteiger partial charge in [0.2, 0.25) is 5.89 Å². The van der Waals surface area contributed by atoms with Gasteiger partial charge in [-0.25, -0.2) is 9.97 Å². The number of para-hydroxylation sites is 5. The quantitative estimate of drug-likeness (QED) is 0.0325. The van der Waals surface area contributed by atoms with Gasteiger partial charge < -0.3 is 41.5 Å². The van der Waals surface area contributed by atoms with E-state index in [1.165, 1.54) is 82.0 Å². The van der Waals surface area contributed by atoms with E-state index in [4.69, 9.17) is 42.5 Å². The first kappa shape index (κ1) is 64.3. The zero-order chi connectivity index (χ0) is 64.6. The number of oxazole rings is 1. The first-order valence-electron chi connectivity index (χ1n) is 33.8. The molecule has 93 heavy (non-hydrogen) atoms. The van der Waals surface area contributed by atoms with Crippen LogP contribution in [-0.4, -0.2) is 46.6 Å². The SMILES string of the molecule is CCCCCCCC(C)CC(CCC)COc1cccc(-c2c3/c(=C(/C#N)c4nc5ccccc5s4)n(B4Oc5ccccc5O4)c(-c4cccc(OCC(C)C(C)(C)CCCCCCC)c4)c3/c(=C(/C#N)c3nc4ccc(C)cc4o3)n2B2Oc3ccccc3O2)c1. The molecular weight excluding hydrogens is 1170 g/mol. The number of hydrogen-bond acceptors (Lipinski definition) is 12. The van der Waals surface area contributed by atoms with Gasteiger partial charge in [0.05, 0.1) is 45.5 Å². The van der Waals surface area contributed by atoms with Crippen LogP contribution in [0.25, 0.3) is 65.7 Å². The molecule has 0 radical (unpaired) electrons. The van der Waals surface area contributed by atoms with Crippen LogP contribution in [-0.2, 0) is 0 Å². The zero-order valence-corrected chi connectivity index (χ0v) is 56.0. The Morgan fingerprint density at radius 1 is 0.581 bits per heavy atom. The number of fused-ring (bicyclic) bond motifs is 5. The molecule has 13 nitrogen and oxygen atoms in total. The molecule has 0 fully saturated rings. The Morgan fingerprint density at radius 3 is 1.70 bits per heavy atom. The number of hydrogen-bond donors (Lipinski definition) is 0. The van der Waals surface area contributed by atoms with Crippen LogP contribution < -0.4 is 38.8 Å². The summed E-state index contributed by atoms with van der Waals surface area (Å²) in [6.45, 7) is 19.1. The van der Waals surface area contributed by atoms with Gasteiger partial charge in [-0.15, -0.1) is 11.3 Å². The summed E-state index contributed by atoms with van der Waals surface area (Å²) in [6.07, 6.45) is 17.9. The van der Waals surface area contributed by atoms with E-state index in [0.717, 1.165) is 41.5 Å². The second-order valence-electron chi connectivity index (χ2n) is 26.2. The Morgan fingerprint density at radius 2 is 1.13 bits per heavy atom. The average Bonchev–Trinajstić information content (AvgIpc) is 1.52. The van der Waals surface area contributed by atoms with E-state index in [-0.39, 0.29) is 28.4 Å². The second kappa shape index (κ2) is 29.0. The van der Waals surface area contributed by atoms with Gasteiger partial charge in [0.15, 0.2) is 5.58 Å². The maximum Gasteiger partial charge on any atom is 0.743 e. The number of ether oxygens (including phenoxy) is 2. The van der Waals surface area contributed by atoms with E-state index < -0.39 is 14.5 Å². The number of aromatic nitrogens is 4. The number of aryl methyl sites for hydroxylation is 1. The van der Waals surface area contributed by atoms with Gasteiger partial charge in [0.1, 0.15) is 68.3 Å². The maximum absolute atomic E-state index is 12.2. The van der Waals surface area contributed by atoms with Crippen LogP contribution in [0.3, 0.4) is 0 Å². The monoisotopic (exact) mass is 1260 g/mol. The highest BCUT2D eigenvalue weighted by molar-refractivity contribution is 7.19. The van der Waals surface area contributed by atoms with Gasteiger partial charge in [-0.1, -0.05) is 192 Å². The lowest BCUT2D eigenvalue weighted by molar-refractivity contribution is 0.133. The molecule has 0 amide bonds. The average molecular weight is 1260 g/mol. The molecule has 0 spiro atoms. The number of nitrogens with zero attached hydrogens (tertiary/aromatic N) is 6. The summed E-state index contributed by atoms with van der Waals surface area (Å²) in [6, 6.07) is 50.3. The lowest BCUT2D eigenvalue weighted by Gasteiger charge is -2.32. The summed E-state index contributed by atoms with van der Waals surface area (Å²) in [7, 11) is -2.44. The van der Waals surface area contributed by atoms with Crippen LogP contribution in [0.5, 0.6) is 34.5 Å². The fraction of sp³-hybridized carbons (Fsp3) is 0.377. The van der Waals surface area contributed by atoms with E-state index >= 15 is 0 Å². The normalized spacial score (nSPS) is 14.4. The van der Waals surface area contributed by atoms with Gasteiger partial charge in [0, 0.05) is 21.9 Å². The second-order valence-corrected chi connectivity index (χ2v) is 27.3. The first-order chi connectivity index (χ1) is 45.4. The summed E-state index contributed by atoms with van der Waals surface area (Å²) in [5.41, 5.74) is 5.58. The van der Waals surface area contributed by atoms with E-state index in [9.17, 15) is 10.5 Å². The Labute approximate surface area is 551 Å². The van der Waals surface area contributed by atoms with Crippen molar-refractivity contribution in [2.75, 3.05) is 13.2 Å². The standard InChI is InChI=1S/C77H84B2N6O7S/c1-9-12-14-16-18-29-51(4)43-54(28-11-3)50-87-58-33-27-31-56(46-58)72-70-69(73(84(72)78-89-63-35-20-21-36-64(63)90-78)59(47-80)75-82-61-41-40-52(5)44-67(61)88-75)71(55-30-26-32-57(45-55)86-49-53(6)77(7,8)42-25-17-15-13-10-2)85(79-91-65-37-22-23-38-66(65)92-79)74(70)60(48-81)76-83-62-34-19-24-39-68(62)93-76/h19-24,26-27,30-41,44-46,51,53-54H,9-18,25,28-29,42-43,49-50H2,1-8H3/b73-59+,74-60+. The van der Waals surface area contributed by atoms with Crippen molar-refractivity contribution in [2.45, 2.75) is 152 Å². The molecule has 6 heterocycles. The third-order valence-corrected chi connectivity index (χ3v) is 19.9. The van der Waals surface area contributed by atoms with Crippen molar-refractivity contribution in [2.24, 2.45) is 23.2 Å². The van der Waals surface area contributed by atoms with Crippen LogP contribution in [0, 0.1) is 52.8 Å². The highest BCUT2D eigenvalue weighted by Gasteiger charge is 2.46. The maximum atomic E-state index is 12.2. The molecule has 2 aliphatic heterocycles. The molecule has 0 saturated carbocycles. The zero-order valence-electron chi connectivity index (χ0n) is 55.1. The van der Waals surface area contributed by atoms with E-state index in [0.29, 0.717) is 120 Å². The van der Waals surface area contributed by atoms with Gasteiger partial charge in [-0.2, -0.15) is 10.5 Å². The summed E-state index contributed by atoms with van der Waals surface area (Å²) in [5, 5.41) is 26.7. The number of nitriles is 2. The van der Waals surface area contributed by atoms with Crippen LogP contribution in [0.15, 0.2) is 144 Å². The van der Waals surface area contributed by atoms with E-state index in [2.05, 4.69) is 66.7 Å². The molecule has 0 N–H and O–H groups in total. The lowest BCUT2D eigenvalue weighted by atomic mass is 9.76. The van der Waals surface area contributed by atoms with Crippen molar-refractivity contribution in [3.63, 3.8) is 0 Å². The Hall–Kier alpha value is -8.85. The van der Waals surface area contributed by atoms with Gasteiger partial charge >= 0.3 is 14.5 Å². The van der Waals surface area contributed by atoms with Crippen molar-refractivity contribution < 1.29 is 32.5 Å². The van der Waals surface area contributed by atoms with E-state index in [1.807, 2.05) is 149 Å². The molecule has 4 aromatic heterocycles. The molecule has 3 unspecified atom stereocenters. The molecule has 2 aliphatic rings. The third-order valence-electron chi connectivity index (χ3n) is 18.8. The number of rotatable bonds is 29. The molecule has 16 heteroatoms. The van der Waals surface area contributed by atoms with Crippen LogP contribution in [0.4, 0.5) is 0 Å². The van der Waals surface area contributed by atoms with E-state index in [1.54, 1.807) is 0 Å². The molecule has 6 aromatic carbocycles. The molecule has 0 saturated heterocycles. The molecule has 10 aromatic rings. The van der Waals surface area contributed by atoms with Crippen molar-refractivity contribution in [3.05, 3.63) is 167 Å². The molecule has 12 rings (SSSR count). The Balaban J connectivity index is 1.16. The smallest absolute Gasteiger partial charge is 0.503 e. The Kier molecular flexibility index (Phi) is 20.0. The predicted octanol–water partition coefficient (Wildman–Crippen LogP) is 18.5. The Bertz CT molecular complexity index is 4430. The predicted molar refractivity (Wildman–Crippen MR) is 375 cm³/mol. The van der Waals surface area contributed by atoms with Gasteiger partial charge in [0.25, 0.3) is 0 Å². The van der Waals surface area contributed by atoms with Crippen LogP contribution in [0.1, 0.15) is 161 Å². The highest BCUT2D eigenvalue weighted by atomic mass is 32.1. The summed E-state index contributed by atoms with van der Waals surface area (Å²) < 4.78 is 53.6. The van der Waals surface area contributed by atoms with Crippen molar-refractivity contribution in [1.29, 1.82) is 10.5 Å². The molecule has 3 atom stereocenters. The number of thiazole rings is 1. The molecule has 0 bridgehead atoms. The lowest BCUT2D eigenvalue weighted by Crippen LogP contribution is -2.44. The van der Waals surface area contributed by atoms with Crippen molar-refractivity contribution >= 4 is 69.1 Å². The minimum atomic E-state index is -1.23. The van der Waals surface area contributed by atoms with Gasteiger partial charge in [-0.05, 0) is 128 Å². The van der Waals surface area contributed by atoms with Crippen molar-refractivity contribution in [3.8, 4) is 69.2 Å². The van der Waals surface area contributed by atoms with Gasteiger partial charge in [-0.3, -0.25) is 0 Å². The first-order valence-corrected chi connectivity index (χ1v) is 34.6. The summed E-state index contributed by atoms with van der Waals surface area (Å²) in [5.74, 6) is 4.55. The third kappa shape index (κ3) is 13.8. The van der Waals surface area contributed by atoms with Crippen molar-refractivity contribution in [1.82, 2.24) is 18.9 Å². The molecule has 476 valence electrons. The number of benzene rings is 6. The topological polar surface area (TPSA) is 152 Å². The van der Waals surface area contributed by atoms with Crippen LogP contribution >= 0.6 is 11.3 Å².